The first-order valence-electron chi connectivity index (χ1n) is 8.99. The summed E-state index contributed by atoms with van der Waals surface area (Å²) in [5.74, 6) is 2.47. The van der Waals surface area contributed by atoms with Crippen LogP contribution < -0.4 is 19.5 Å². The number of nitrogens with zero attached hydrogens (tertiary/aromatic N) is 1. The number of ether oxygens (including phenoxy) is 3. The summed E-state index contributed by atoms with van der Waals surface area (Å²) >= 11 is 0. The maximum Gasteiger partial charge on any atom is 0.257 e. The molecule has 25 heavy (non-hydrogen) atoms. The highest BCUT2D eigenvalue weighted by Crippen LogP contribution is 2.35. The van der Waals surface area contributed by atoms with E-state index in [1.165, 1.54) is 12.8 Å². The van der Waals surface area contributed by atoms with Crippen LogP contribution in [0.2, 0.25) is 0 Å². The van der Waals surface area contributed by atoms with Crippen LogP contribution in [0, 0.1) is 5.92 Å². The molecule has 1 amide bonds. The SMILES string of the molecule is COc1cc(OC)c(C(=O)N2CCC(NCC3CC3)CC2)cc1OC. The number of benzene rings is 1. The Hall–Kier alpha value is -1.95. The van der Waals surface area contributed by atoms with E-state index in [1.54, 1.807) is 33.5 Å². The Bertz CT molecular complexity index is 608. The van der Waals surface area contributed by atoms with Crippen LogP contribution in [-0.2, 0) is 0 Å². The van der Waals surface area contributed by atoms with Crippen molar-refractivity contribution in [2.75, 3.05) is 41.0 Å². The van der Waals surface area contributed by atoms with Gasteiger partial charge in [0.1, 0.15) is 5.75 Å². The Balaban J connectivity index is 1.66. The third-order valence-electron chi connectivity index (χ3n) is 5.11. The number of hydrogen-bond donors (Lipinski definition) is 1. The minimum Gasteiger partial charge on any atom is -0.496 e. The summed E-state index contributed by atoms with van der Waals surface area (Å²) in [6, 6.07) is 3.94. The van der Waals surface area contributed by atoms with Crippen molar-refractivity contribution in [2.45, 2.75) is 31.7 Å². The standard InChI is InChI=1S/C19H28N2O4/c1-23-16-11-18(25-3)17(24-2)10-15(16)19(22)21-8-6-14(7-9-21)20-12-13-4-5-13/h10-11,13-14,20H,4-9,12H2,1-3H3. The lowest BCUT2D eigenvalue weighted by Crippen LogP contribution is -2.45. The van der Waals surface area contributed by atoms with Crippen LogP contribution in [0.25, 0.3) is 0 Å². The molecule has 1 saturated heterocycles. The fourth-order valence-electron chi connectivity index (χ4n) is 3.31. The molecule has 0 unspecified atom stereocenters. The van der Waals surface area contributed by atoms with Crippen molar-refractivity contribution in [3.8, 4) is 17.2 Å². The molecule has 0 aromatic heterocycles. The van der Waals surface area contributed by atoms with Gasteiger partial charge in [-0.25, -0.2) is 0 Å². The first kappa shape index (κ1) is 17.9. The van der Waals surface area contributed by atoms with Gasteiger partial charge in [-0.05, 0) is 38.1 Å². The third kappa shape index (κ3) is 4.18. The molecule has 1 aliphatic heterocycles. The molecule has 2 aliphatic rings. The summed E-state index contributed by atoms with van der Waals surface area (Å²) in [6.07, 6.45) is 4.72. The highest BCUT2D eigenvalue weighted by Gasteiger charge is 2.28. The van der Waals surface area contributed by atoms with Gasteiger partial charge in [0, 0.05) is 31.3 Å². The summed E-state index contributed by atoms with van der Waals surface area (Å²) in [5.41, 5.74) is 0.518. The van der Waals surface area contributed by atoms with Gasteiger partial charge in [-0.15, -0.1) is 0 Å². The van der Waals surface area contributed by atoms with E-state index in [0.717, 1.165) is 38.4 Å². The number of piperidine rings is 1. The molecular formula is C19H28N2O4. The van der Waals surface area contributed by atoms with Crippen LogP contribution in [0.15, 0.2) is 12.1 Å². The van der Waals surface area contributed by atoms with Crippen molar-refractivity contribution >= 4 is 5.91 Å². The molecule has 0 radical (unpaired) electrons. The van der Waals surface area contributed by atoms with Crippen LogP contribution in [-0.4, -0.2) is 57.8 Å². The summed E-state index contributed by atoms with van der Waals surface area (Å²) in [4.78, 5) is 14.9. The Labute approximate surface area is 149 Å². The average Bonchev–Trinajstić information content (AvgIpc) is 3.49. The molecule has 6 heteroatoms. The van der Waals surface area contributed by atoms with Crippen molar-refractivity contribution in [3.63, 3.8) is 0 Å². The maximum atomic E-state index is 13.0. The van der Waals surface area contributed by atoms with Gasteiger partial charge in [0.05, 0.1) is 26.9 Å². The van der Waals surface area contributed by atoms with Crippen molar-refractivity contribution < 1.29 is 19.0 Å². The highest BCUT2D eigenvalue weighted by atomic mass is 16.5. The summed E-state index contributed by atoms with van der Waals surface area (Å²) in [5, 5.41) is 3.64. The first-order chi connectivity index (χ1) is 12.2. The molecule has 2 fully saturated rings. The quantitative estimate of drug-likeness (QED) is 0.819. The Morgan fingerprint density at radius 1 is 1.00 bits per heavy atom. The predicted octanol–water partition coefficient (Wildman–Crippen LogP) is 2.32. The number of carbonyl (C=O) groups excluding carboxylic acids is 1. The first-order valence-corrected chi connectivity index (χ1v) is 8.99. The zero-order valence-corrected chi connectivity index (χ0v) is 15.3. The van der Waals surface area contributed by atoms with Crippen molar-refractivity contribution in [2.24, 2.45) is 5.92 Å². The smallest absolute Gasteiger partial charge is 0.257 e. The number of likely N-dealkylation sites (tertiary alicyclic amines) is 1. The molecule has 0 bridgehead atoms. The number of methoxy groups -OCH3 is 3. The molecule has 1 saturated carbocycles. The minimum absolute atomic E-state index is 0.0153. The Morgan fingerprint density at radius 2 is 1.60 bits per heavy atom. The molecule has 0 spiro atoms. The predicted molar refractivity (Wildman–Crippen MR) is 95.8 cm³/mol. The van der Waals surface area contributed by atoms with Gasteiger partial charge in [0.15, 0.2) is 11.5 Å². The monoisotopic (exact) mass is 348 g/mol. The van der Waals surface area contributed by atoms with E-state index in [0.29, 0.717) is 28.9 Å². The molecule has 1 aliphatic carbocycles. The van der Waals surface area contributed by atoms with Gasteiger partial charge in [-0.2, -0.15) is 0 Å². The Morgan fingerprint density at radius 3 is 2.16 bits per heavy atom. The zero-order valence-electron chi connectivity index (χ0n) is 15.3. The van der Waals surface area contributed by atoms with Gasteiger partial charge >= 0.3 is 0 Å². The van der Waals surface area contributed by atoms with Crippen LogP contribution in [0.5, 0.6) is 17.2 Å². The number of carbonyl (C=O) groups is 1. The summed E-state index contributed by atoms with van der Waals surface area (Å²) < 4.78 is 16.0. The Kier molecular flexibility index (Phi) is 5.68. The molecule has 1 aromatic carbocycles. The maximum absolute atomic E-state index is 13.0. The highest BCUT2D eigenvalue weighted by molar-refractivity contribution is 5.98. The molecular weight excluding hydrogens is 320 g/mol. The second-order valence-electron chi connectivity index (χ2n) is 6.83. The minimum atomic E-state index is -0.0153. The lowest BCUT2D eigenvalue weighted by atomic mass is 10.0. The topological polar surface area (TPSA) is 60.0 Å². The van der Waals surface area contributed by atoms with Crippen LogP contribution in [0.3, 0.4) is 0 Å². The van der Waals surface area contributed by atoms with E-state index in [4.69, 9.17) is 14.2 Å². The van der Waals surface area contributed by atoms with Gasteiger partial charge in [-0.1, -0.05) is 0 Å². The second-order valence-corrected chi connectivity index (χ2v) is 6.83. The number of nitrogens with one attached hydrogen (secondary N) is 1. The second kappa shape index (κ2) is 7.95. The molecule has 0 atom stereocenters. The molecule has 1 heterocycles. The largest absolute Gasteiger partial charge is 0.496 e. The lowest BCUT2D eigenvalue weighted by Gasteiger charge is -2.33. The van der Waals surface area contributed by atoms with E-state index in [-0.39, 0.29) is 5.91 Å². The van der Waals surface area contributed by atoms with Gasteiger partial charge in [0.25, 0.3) is 5.91 Å². The van der Waals surface area contributed by atoms with Crippen LogP contribution in [0.1, 0.15) is 36.0 Å². The van der Waals surface area contributed by atoms with Gasteiger partial charge < -0.3 is 24.4 Å². The molecule has 1 aromatic rings. The fourth-order valence-corrected chi connectivity index (χ4v) is 3.31. The molecule has 138 valence electrons. The van der Waals surface area contributed by atoms with Gasteiger partial charge in [0.2, 0.25) is 0 Å². The van der Waals surface area contributed by atoms with Crippen LogP contribution in [0.4, 0.5) is 0 Å². The zero-order chi connectivity index (χ0) is 17.8. The number of hydrogen-bond acceptors (Lipinski definition) is 5. The van der Waals surface area contributed by atoms with Crippen molar-refractivity contribution in [3.05, 3.63) is 17.7 Å². The molecule has 6 nitrogen and oxygen atoms in total. The van der Waals surface area contributed by atoms with Crippen LogP contribution >= 0.6 is 0 Å². The normalized spacial score (nSPS) is 18.1. The van der Waals surface area contributed by atoms with E-state index >= 15 is 0 Å². The number of amides is 1. The average molecular weight is 348 g/mol. The molecule has 3 rings (SSSR count). The van der Waals surface area contributed by atoms with Crippen molar-refractivity contribution in [1.29, 1.82) is 0 Å². The van der Waals surface area contributed by atoms with E-state index in [1.807, 2.05) is 4.90 Å². The third-order valence-corrected chi connectivity index (χ3v) is 5.11. The van der Waals surface area contributed by atoms with E-state index < -0.39 is 0 Å². The van der Waals surface area contributed by atoms with E-state index in [9.17, 15) is 4.79 Å². The summed E-state index contributed by atoms with van der Waals surface area (Å²) in [6.45, 7) is 2.65. The molecule has 1 N–H and O–H groups in total. The fraction of sp³-hybridized carbons (Fsp3) is 0.632. The van der Waals surface area contributed by atoms with E-state index in [2.05, 4.69) is 5.32 Å². The number of rotatable bonds is 7. The van der Waals surface area contributed by atoms with Gasteiger partial charge in [-0.3, -0.25) is 4.79 Å². The summed E-state index contributed by atoms with van der Waals surface area (Å²) in [7, 11) is 4.69. The lowest BCUT2D eigenvalue weighted by molar-refractivity contribution is 0.0701. The van der Waals surface area contributed by atoms with Crippen molar-refractivity contribution in [1.82, 2.24) is 10.2 Å².